The van der Waals surface area contributed by atoms with Crippen molar-refractivity contribution in [1.29, 1.82) is 0 Å². The summed E-state index contributed by atoms with van der Waals surface area (Å²) in [7, 11) is 0. The number of aliphatic hydroxyl groups is 1. The summed E-state index contributed by atoms with van der Waals surface area (Å²) in [5, 5.41) is 9.27. The molecular weight excluding hydrogens is 236 g/mol. The van der Waals surface area contributed by atoms with Gasteiger partial charge in [-0.1, -0.05) is 12.1 Å². The van der Waals surface area contributed by atoms with Crippen LogP contribution in [0.25, 0.3) is 0 Å². The minimum atomic E-state index is -0.769. The second-order valence-electron chi connectivity index (χ2n) is 3.94. The molecule has 0 spiro atoms. The molecule has 2 unspecified atom stereocenters. The van der Waals surface area contributed by atoms with Gasteiger partial charge in [0.05, 0.1) is 6.10 Å². The van der Waals surface area contributed by atoms with Gasteiger partial charge in [0.1, 0.15) is 17.4 Å². The molecule has 0 aromatic heterocycles. The predicted octanol–water partition coefficient (Wildman–Crippen LogP) is 1.54. The number of carbonyl (C=O) groups is 2. The monoisotopic (exact) mass is 252 g/mol. The van der Waals surface area contributed by atoms with Crippen molar-refractivity contribution in [3.05, 3.63) is 29.8 Å². The first-order valence-electron chi connectivity index (χ1n) is 5.58. The zero-order valence-electron chi connectivity index (χ0n) is 10.5. The number of benzene rings is 1. The van der Waals surface area contributed by atoms with Crippen molar-refractivity contribution in [2.75, 3.05) is 0 Å². The third kappa shape index (κ3) is 3.85. The molecule has 18 heavy (non-hydrogen) atoms. The van der Waals surface area contributed by atoms with Crippen LogP contribution in [0.3, 0.4) is 0 Å². The lowest BCUT2D eigenvalue weighted by Crippen LogP contribution is -2.26. The molecule has 0 radical (unpaired) electrons. The van der Waals surface area contributed by atoms with Crippen LogP contribution in [0.15, 0.2) is 24.3 Å². The predicted molar refractivity (Wildman–Crippen MR) is 64.3 cm³/mol. The normalized spacial score (nSPS) is 13.6. The highest BCUT2D eigenvalue weighted by Crippen LogP contribution is 2.20. The van der Waals surface area contributed by atoms with Crippen molar-refractivity contribution in [2.24, 2.45) is 0 Å². The lowest BCUT2D eigenvalue weighted by molar-refractivity contribution is -0.131. The van der Waals surface area contributed by atoms with Crippen LogP contribution >= 0.6 is 0 Å². The first kappa shape index (κ1) is 14.2. The second kappa shape index (κ2) is 6.16. The van der Waals surface area contributed by atoms with Gasteiger partial charge in [0, 0.05) is 6.92 Å². The zero-order valence-corrected chi connectivity index (χ0v) is 10.5. The fourth-order valence-corrected chi connectivity index (χ4v) is 1.21. The van der Waals surface area contributed by atoms with Crippen LogP contribution in [0.4, 0.5) is 0 Å². The molecular formula is C13H16O5. The van der Waals surface area contributed by atoms with Crippen molar-refractivity contribution in [2.45, 2.75) is 33.0 Å². The van der Waals surface area contributed by atoms with Gasteiger partial charge in [-0.3, -0.25) is 4.79 Å². The Morgan fingerprint density at radius 3 is 2.39 bits per heavy atom. The molecule has 0 saturated carbocycles. The van der Waals surface area contributed by atoms with Crippen LogP contribution < -0.4 is 4.74 Å². The van der Waals surface area contributed by atoms with Gasteiger partial charge in [-0.15, -0.1) is 0 Å². The Morgan fingerprint density at radius 1 is 1.22 bits per heavy atom. The van der Waals surface area contributed by atoms with Crippen molar-refractivity contribution in [3.63, 3.8) is 0 Å². The fourth-order valence-electron chi connectivity index (χ4n) is 1.21. The van der Waals surface area contributed by atoms with E-state index in [2.05, 4.69) is 0 Å². The maximum atomic E-state index is 11.8. The third-order valence-electron chi connectivity index (χ3n) is 2.33. The molecule has 1 N–H and O–H groups in total. The molecule has 0 amide bonds. The molecule has 0 heterocycles. The minimum absolute atomic E-state index is 0.146. The van der Waals surface area contributed by atoms with Crippen LogP contribution in [0.5, 0.6) is 5.75 Å². The smallest absolute Gasteiger partial charge is 0.342 e. The maximum absolute atomic E-state index is 11.8. The molecule has 98 valence electrons. The van der Waals surface area contributed by atoms with Gasteiger partial charge in [0.15, 0.2) is 0 Å². The van der Waals surface area contributed by atoms with E-state index in [4.69, 9.17) is 9.47 Å². The van der Waals surface area contributed by atoms with Crippen molar-refractivity contribution < 1.29 is 24.2 Å². The first-order valence-corrected chi connectivity index (χ1v) is 5.58. The third-order valence-corrected chi connectivity index (χ3v) is 2.33. The standard InChI is InChI=1S/C13H16O5/c1-8(14)9(2)17-13(16)11-6-4-5-7-12(11)18-10(3)15/h4-9,14H,1-3H3. The van der Waals surface area contributed by atoms with E-state index < -0.39 is 24.1 Å². The summed E-state index contributed by atoms with van der Waals surface area (Å²) < 4.78 is 9.95. The van der Waals surface area contributed by atoms with Gasteiger partial charge in [0.25, 0.3) is 0 Å². The van der Waals surface area contributed by atoms with Gasteiger partial charge in [0.2, 0.25) is 0 Å². The molecule has 1 aromatic rings. The Bertz CT molecular complexity index is 439. The van der Waals surface area contributed by atoms with E-state index in [1.165, 1.54) is 26.0 Å². The van der Waals surface area contributed by atoms with Crippen molar-refractivity contribution in [3.8, 4) is 5.75 Å². The SMILES string of the molecule is CC(=O)Oc1ccccc1C(=O)OC(C)C(C)O. The van der Waals surface area contributed by atoms with Gasteiger partial charge >= 0.3 is 11.9 Å². The number of hydrogen-bond donors (Lipinski definition) is 1. The molecule has 0 aliphatic heterocycles. The Morgan fingerprint density at radius 2 is 1.83 bits per heavy atom. The molecule has 2 atom stereocenters. The van der Waals surface area contributed by atoms with Crippen LogP contribution in [0, 0.1) is 0 Å². The molecule has 0 bridgehead atoms. The minimum Gasteiger partial charge on any atom is -0.456 e. The van der Waals surface area contributed by atoms with E-state index in [1.807, 2.05) is 0 Å². The summed E-state index contributed by atoms with van der Waals surface area (Å²) in [6, 6.07) is 6.28. The van der Waals surface area contributed by atoms with Crippen LogP contribution in [-0.2, 0) is 9.53 Å². The number of hydrogen-bond acceptors (Lipinski definition) is 5. The van der Waals surface area contributed by atoms with Gasteiger partial charge in [-0.25, -0.2) is 4.79 Å². The summed E-state index contributed by atoms with van der Waals surface area (Å²) in [6.07, 6.45) is -1.40. The molecule has 5 heteroatoms. The van der Waals surface area contributed by atoms with Crippen molar-refractivity contribution >= 4 is 11.9 Å². The fraction of sp³-hybridized carbons (Fsp3) is 0.385. The summed E-state index contributed by atoms with van der Waals surface area (Å²) in [6.45, 7) is 4.35. The average Bonchev–Trinajstić information content (AvgIpc) is 2.28. The number of aliphatic hydroxyl groups excluding tert-OH is 1. The maximum Gasteiger partial charge on any atom is 0.342 e. The van der Waals surface area contributed by atoms with E-state index in [1.54, 1.807) is 19.1 Å². The van der Waals surface area contributed by atoms with E-state index in [0.717, 1.165) is 0 Å². The number of rotatable bonds is 4. The van der Waals surface area contributed by atoms with Crippen LogP contribution in [0.1, 0.15) is 31.1 Å². The molecule has 1 aromatic carbocycles. The molecule has 0 saturated heterocycles. The quantitative estimate of drug-likeness (QED) is 0.650. The molecule has 0 fully saturated rings. The Hall–Kier alpha value is -1.88. The topological polar surface area (TPSA) is 72.8 Å². The van der Waals surface area contributed by atoms with E-state index >= 15 is 0 Å². The molecule has 5 nitrogen and oxygen atoms in total. The molecule has 0 aliphatic carbocycles. The van der Waals surface area contributed by atoms with Crippen molar-refractivity contribution in [1.82, 2.24) is 0 Å². The van der Waals surface area contributed by atoms with Crippen LogP contribution in [-0.4, -0.2) is 29.3 Å². The number of ether oxygens (including phenoxy) is 2. The Labute approximate surface area is 105 Å². The second-order valence-corrected chi connectivity index (χ2v) is 3.94. The average molecular weight is 252 g/mol. The number of para-hydroxylation sites is 1. The van der Waals surface area contributed by atoms with Crippen LogP contribution in [0.2, 0.25) is 0 Å². The van der Waals surface area contributed by atoms with Gasteiger partial charge in [-0.05, 0) is 26.0 Å². The van der Waals surface area contributed by atoms with E-state index in [9.17, 15) is 14.7 Å². The summed E-state index contributed by atoms with van der Waals surface area (Å²) in [5.74, 6) is -1.01. The highest BCUT2D eigenvalue weighted by Gasteiger charge is 2.19. The summed E-state index contributed by atoms with van der Waals surface area (Å²) in [4.78, 5) is 22.7. The molecule has 1 rings (SSSR count). The lowest BCUT2D eigenvalue weighted by Gasteiger charge is -2.16. The highest BCUT2D eigenvalue weighted by atomic mass is 16.6. The van der Waals surface area contributed by atoms with E-state index in [-0.39, 0.29) is 11.3 Å². The summed E-state index contributed by atoms with van der Waals surface area (Å²) >= 11 is 0. The number of carbonyl (C=O) groups excluding carboxylic acids is 2. The Balaban J connectivity index is 2.88. The first-order chi connectivity index (χ1) is 8.41. The lowest BCUT2D eigenvalue weighted by atomic mass is 10.2. The van der Waals surface area contributed by atoms with Gasteiger partial charge < -0.3 is 14.6 Å². The van der Waals surface area contributed by atoms with Gasteiger partial charge in [-0.2, -0.15) is 0 Å². The Kier molecular flexibility index (Phi) is 4.85. The number of esters is 2. The van der Waals surface area contributed by atoms with E-state index in [0.29, 0.717) is 0 Å². The summed E-state index contributed by atoms with van der Waals surface area (Å²) in [5.41, 5.74) is 0.153. The largest absolute Gasteiger partial charge is 0.456 e. The zero-order chi connectivity index (χ0) is 13.7. The molecule has 0 aliphatic rings. The highest BCUT2D eigenvalue weighted by molar-refractivity contribution is 5.93.